The lowest BCUT2D eigenvalue weighted by Gasteiger charge is -2.07. The Labute approximate surface area is 136 Å². The highest BCUT2D eigenvalue weighted by atomic mass is 16.5. The van der Waals surface area contributed by atoms with Crippen LogP contribution in [-0.2, 0) is 4.74 Å². The summed E-state index contributed by atoms with van der Waals surface area (Å²) in [6.07, 6.45) is -0.124. The van der Waals surface area contributed by atoms with Crippen LogP contribution in [0.5, 0.6) is 11.5 Å². The summed E-state index contributed by atoms with van der Waals surface area (Å²) in [5.74, 6) is 0.577. The zero-order chi connectivity index (χ0) is 17.1. The SMILES string of the molecule is CC(C)OC(=O)c1ccc(O)cc1.OCCOc1ccccc1. The van der Waals surface area contributed by atoms with E-state index in [0.29, 0.717) is 12.2 Å². The van der Waals surface area contributed by atoms with E-state index in [9.17, 15) is 4.79 Å². The molecular formula is C18H22O5. The van der Waals surface area contributed by atoms with Crippen LogP contribution in [0.4, 0.5) is 0 Å². The van der Waals surface area contributed by atoms with Crippen molar-refractivity contribution in [3.63, 3.8) is 0 Å². The largest absolute Gasteiger partial charge is 0.508 e. The summed E-state index contributed by atoms with van der Waals surface area (Å²) in [6.45, 7) is 4.01. The number of aromatic hydroxyl groups is 1. The lowest BCUT2D eigenvalue weighted by atomic mass is 10.2. The molecular weight excluding hydrogens is 296 g/mol. The number of phenolic OH excluding ortho intramolecular Hbond substituents is 1. The summed E-state index contributed by atoms with van der Waals surface area (Å²) < 4.78 is 10.1. The molecule has 2 aromatic rings. The van der Waals surface area contributed by atoms with Gasteiger partial charge in [0, 0.05) is 0 Å². The van der Waals surface area contributed by atoms with Crippen molar-refractivity contribution in [2.75, 3.05) is 13.2 Å². The molecule has 0 heterocycles. The number of ether oxygens (including phenoxy) is 2. The van der Waals surface area contributed by atoms with Crippen molar-refractivity contribution >= 4 is 5.97 Å². The molecule has 0 spiro atoms. The molecule has 0 unspecified atom stereocenters. The average molecular weight is 318 g/mol. The molecule has 23 heavy (non-hydrogen) atoms. The van der Waals surface area contributed by atoms with Crippen molar-refractivity contribution in [2.24, 2.45) is 0 Å². The maximum absolute atomic E-state index is 11.3. The van der Waals surface area contributed by atoms with Gasteiger partial charge in [-0.25, -0.2) is 4.79 Å². The van der Waals surface area contributed by atoms with Gasteiger partial charge in [0.15, 0.2) is 0 Å². The second-order valence-corrected chi connectivity index (χ2v) is 4.89. The fourth-order valence-corrected chi connectivity index (χ4v) is 1.56. The van der Waals surface area contributed by atoms with E-state index in [4.69, 9.17) is 19.7 Å². The van der Waals surface area contributed by atoms with E-state index in [1.165, 1.54) is 24.3 Å². The minimum Gasteiger partial charge on any atom is -0.508 e. The summed E-state index contributed by atoms with van der Waals surface area (Å²) in [5.41, 5.74) is 0.450. The minimum atomic E-state index is -0.366. The summed E-state index contributed by atoms with van der Waals surface area (Å²) in [7, 11) is 0. The van der Waals surface area contributed by atoms with Gasteiger partial charge in [-0.05, 0) is 50.2 Å². The summed E-state index contributed by atoms with van der Waals surface area (Å²) in [4.78, 5) is 11.3. The minimum absolute atomic E-state index is 0.0644. The third kappa shape index (κ3) is 7.87. The van der Waals surface area contributed by atoms with Gasteiger partial charge in [0.25, 0.3) is 0 Å². The number of aliphatic hydroxyl groups is 1. The molecule has 0 fully saturated rings. The molecule has 0 aliphatic carbocycles. The number of carbonyl (C=O) groups excluding carboxylic acids is 1. The number of esters is 1. The quantitative estimate of drug-likeness (QED) is 0.829. The monoisotopic (exact) mass is 318 g/mol. The fraction of sp³-hybridized carbons (Fsp3) is 0.278. The molecule has 5 nitrogen and oxygen atoms in total. The molecule has 0 aliphatic rings. The Kier molecular flexibility index (Phi) is 8.24. The van der Waals surface area contributed by atoms with Crippen molar-refractivity contribution in [2.45, 2.75) is 20.0 Å². The Hall–Kier alpha value is -2.53. The van der Waals surface area contributed by atoms with Crippen molar-refractivity contribution in [3.8, 4) is 11.5 Å². The first kappa shape index (κ1) is 18.5. The predicted octanol–water partition coefficient (Wildman–Crippen LogP) is 3.02. The highest BCUT2D eigenvalue weighted by molar-refractivity contribution is 5.89. The van der Waals surface area contributed by atoms with Gasteiger partial charge in [0.2, 0.25) is 0 Å². The lowest BCUT2D eigenvalue weighted by molar-refractivity contribution is 0.0378. The molecule has 2 rings (SSSR count). The standard InChI is InChI=1S/C10H12O3.C8H10O2/c1-7(2)13-10(12)8-3-5-9(11)6-4-8;9-6-7-10-8-4-2-1-3-5-8/h3-7,11H,1-2H3;1-5,9H,6-7H2. The Morgan fingerprint density at radius 2 is 1.65 bits per heavy atom. The van der Waals surface area contributed by atoms with Gasteiger partial charge in [-0.2, -0.15) is 0 Å². The molecule has 0 bridgehead atoms. The van der Waals surface area contributed by atoms with Crippen molar-refractivity contribution in [3.05, 3.63) is 60.2 Å². The van der Waals surface area contributed by atoms with Crippen LogP contribution in [0.15, 0.2) is 54.6 Å². The first-order chi connectivity index (χ1) is 11.0. The number of aliphatic hydroxyl groups excluding tert-OH is 1. The van der Waals surface area contributed by atoms with E-state index in [1.807, 2.05) is 30.3 Å². The maximum atomic E-state index is 11.3. The van der Waals surface area contributed by atoms with E-state index >= 15 is 0 Å². The van der Waals surface area contributed by atoms with Crippen molar-refractivity contribution in [1.82, 2.24) is 0 Å². The van der Waals surface area contributed by atoms with Crippen LogP contribution in [0.1, 0.15) is 24.2 Å². The number of phenols is 1. The topological polar surface area (TPSA) is 76.0 Å². The van der Waals surface area contributed by atoms with Gasteiger partial charge in [0.1, 0.15) is 18.1 Å². The summed E-state index contributed by atoms with van der Waals surface area (Å²) in [5, 5.41) is 17.4. The van der Waals surface area contributed by atoms with E-state index in [0.717, 1.165) is 5.75 Å². The highest BCUT2D eigenvalue weighted by Gasteiger charge is 2.07. The first-order valence-electron chi connectivity index (χ1n) is 7.31. The molecule has 0 amide bonds. The number of benzene rings is 2. The average Bonchev–Trinajstić information content (AvgIpc) is 2.54. The second-order valence-electron chi connectivity index (χ2n) is 4.89. The predicted molar refractivity (Wildman–Crippen MR) is 87.7 cm³/mol. The van der Waals surface area contributed by atoms with Crippen molar-refractivity contribution < 1.29 is 24.5 Å². The third-order valence-electron chi connectivity index (χ3n) is 2.55. The van der Waals surface area contributed by atoms with E-state index in [2.05, 4.69) is 0 Å². The maximum Gasteiger partial charge on any atom is 0.338 e. The molecule has 0 saturated heterocycles. The van der Waals surface area contributed by atoms with Crippen LogP contribution in [-0.4, -0.2) is 35.5 Å². The molecule has 5 heteroatoms. The third-order valence-corrected chi connectivity index (χ3v) is 2.55. The Morgan fingerprint density at radius 1 is 1.04 bits per heavy atom. The van der Waals surface area contributed by atoms with Gasteiger partial charge >= 0.3 is 5.97 Å². The van der Waals surface area contributed by atoms with Gasteiger partial charge in [-0.15, -0.1) is 0 Å². The zero-order valence-electron chi connectivity index (χ0n) is 13.3. The lowest BCUT2D eigenvalue weighted by Crippen LogP contribution is -2.11. The molecule has 0 aliphatic heterocycles. The molecule has 0 atom stereocenters. The smallest absolute Gasteiger partial charge is 0.338 e. The number of carbonyl (C=O) groups is 1. The number of rotatable bonds is 5. The first-order valence-corrected chi connectivity index (χ1v) is 7.31. The summed E-state index contributed by atoms with van der Waals surface area (Å²) >= 11 is 0. The van der Waals surface area contributed by atoms with Gasteiger partial charge in [0.05, 0.1) is 18.3 Å². The zero-order valence-corrected chi connectivity index (χ0v) is 13.3. The van der Waals surface area contributed by atoms with Crippen LogP contribution in [0.2, 0.25) is 0 Å². The van der Waals surface area contributed by atoms with Crippen LogP contribution < -0.4 is 4.74 Å². The Bertz CT molecular complexity index is 564. The van der Waals surface area contributed by atoms with Gasteiger partial charge < -0.3 is 19.7 Å². The van der Waals surface area contributed by atoms with Crippen molar-refractivity contribution in [1.29, 1.82) is 0 Å². The second kappa shape index (κ2) is 10.2. The van der Waals surface area contributed by atoms with E-state index in [-0.39, 0.29) is 24.4 Å². The van der Waals surface area contributed by atoms with Crippen LogP contribution >= 0.6 is 0 Å². The normalized spacial score (nSPS) is 9.74. The molecule has 0 saturated carbocycles. The molecule has 2 aromatic carbocycles. The Balaban J connectivity index is 0.000000238. The summed E-state index contributed by atoms with van der Waals surface area (Å²) in [6, 6.07) is 15.4. The molecule has 124 valence electrons. The van der Waals surface area contributed by atoms with Crippen LogP contribution in [0, 0.1) is 0 Å². The van der Waals surface area contributed by atoms with E-state index in [1.54, 1.807) is 13.8 Å². The van der Waals surface area contributed by atoms with E-state index < -0.39 is 0 Å². The number of hydrogen-bond acceptors (Lipinski definition) is 5. The van der Waals surface area contributed by atoms with Gasteiger partial charge in [-0.1, -0.05) is 18.2 Å². The Morgan fingerprint density at radius 3 is 2.17 bits per heavy atom. The van der Waals surface area contributed by atoms with Gasteiger partial charge in [-0.3, -0.25) is 0 Å². The highest BCUT2D eigenvalue weighted by Crippen LogP contribution is 2.11. The van der Waals surface area contributed by atoms with Crippen LogP contribution in [0.25, 0.3) is 0 Å². The van der Waals surface area contributed by atoms with Crippen LogP contribution in [0.3, 0.4) is 0 Å². The number of para-hydroxylation sites is 1. The molecule has 0 aromatic heterocycles. The number of hydrogen-bond donors (Lipinski definition) is 2. The molecule has 2 N–H and O–H groups in total. The fourth-order valence-electron chi connectivity index (χ4n) is 1.56. The molecule has 0 radical (unpaired) electrons.